The van der Waals surface area contributed by atoms with E-state index >= 15 is 0 Å². The van der Waals surface area contributed by atoms with Crippen LogP contribution in [-0.4, -0.2) is 17.6 Å². The molecule has 1 aliphatic heterocycles. The van der Waals surface area contributed by atoms with E-state index in [2.05, 4.69) is 30.7 Å². The fourth-order valence-electron chi connectivity index (χ4n) is 2.78. The summed E-state index contributed by atoms with van der Waals surface area (Å²) in [5.41, 5.74) is 7.90. The average molecular weight is 233 g/mol. The summed E-state index contributed by atoms with van der Waals surface area (Å²) in [5, 5.41) is 0. The number of aryl methyl sites for hydroxylation is 1. The van der Waals surface area contributed by atoms with E-state index in [0.29, 0.717) is 17.9 Å². The quantitative estimate of drug-likeness (QED) is 0.811. The zero-order chi connectivity index (χ0) is 12.6. The van der Waals surface area contributed by atoms with Crippen molar-refractivity contribution in [2.45, 2.75) is 40.2 Å². The molecular formula is C14H23N3. The second-order valence-electron chi connectivity index (χ2n) is 5.58. The van der Waals surface area contributed by atoms with Crippen LogP contribution in [0.25, 0.3) is 0 Å². The maximum absolute atomic E-state index is 6.07. The van der Waals surface area contributed by atoms with Gasteiger partial charge in [0.15, 0.2) is 5.82 Å². The van der Waals surface area contributed by atoms with Gasteiger partial charge in [-0.1, -0.05) is 13.8 Å². The Labute approximate surface area is 104 Å². The standard InChI is InChI=1S/C14H23N3/c1-9-7-10(2)12(4)17(8-9)14-13(15)6-5-11(3)16-14/h5-6,9-10,12H,7-8,15H2,1-4H3. The van der Waals surface area contributed by atoms with Gasteiger partial charge >= 0.3 is 0 Å². The maximum atomic E-state index is 6.07. The first-order chi connectivity index (χ1) is 7.99. The summed E-state index contributed by atoms with van der Waals surface area (Å²) in [6.07, 6.45) is 1.30. The van der Waals surface area contributed by atoms with E-state index in [-0.39, 0.29) is 0 Å². The fraction of sp³-hybridized carbons (Fsp3) is 0.643. The van der Waals surface area contributed by atoms with Gasteiger partial charge in [0.05, 0.1) is 5.69 Å². The van der Waals surface area contributed by atoms with Crippen LogP contribution in [0.2, 0.25) is 0 Å². The van der Waals surface area contributed by atoms with Crippen molar-refractivity contribution >= 4 is 11.5 Å². The molecule has 0 saturated carbocycles. The molecule has 3 unspecified atom stereocenters. The molecule has 94 valence electrons. The van der Waals surface area contributed by atoms with Crippen LogP contribution >= 0.6 is 0 Å². The van der Waals surface area contributed by atoms with Crippen molar-refractivity contribution in [1.82, 2.24) is 4.98 Å². The Morgan fingerprint density at radius 1 is 1.29 bits per heavy atom. The lowest BCUT2D eigenvalue weighted by Gasteiger charge is -2.42. The number of anilines is 2. The summed E-state index contributed by atoms with van der Waals surface area (Å²) in [5.74, 6) is 2.37. The third-order valence-electron chi connectivity index (χ3n) is 3.91. The highest BCUT2D eigenvalue weighted by molar-refractivity contribution is 5.63. The average Bonchev–Trinajstić information content (AvgIpc) is 2.27. The summed E-state index contributed by atoms with van der Waals surface area (Å²) in [6.45, 7) is 9.98. The number of hydrogen-bond acceptors (Lipinski definition) is 3. The highest BCUT2D eigenvalue weighted by atomic mass is 15.2. The minimum Gasteiger partial charge on any atom is -0.396 e. The number of piperidine rings is 1. The second kappa shape index (κ2) is 4.55. The molecule has 3 heteroatoms. The molecule has 1 aromatic heterocycles. The lowest BCUT2D eigenvalue weighted by Crippen LogP contribution is -2.46. The number of pyridine rings is 1. The maximum Gasteiger partial charge on any atom is 0.152 e. The van der Waals surface area contributed by atoms with Crippen LogP contribution < -0.4 is 10.6 Å². The third-order valence-corrected chi connectivity index (χ3v) is 3.91. The van der Waals surface area contributed by atoms with Gasteiger partial charge in [-0.2, -0.15) is 0 Å². The SMILES string of the molecule is Cc1ccc(N)c(N2CC(C)CC(C)C2C)n1. The minimum absolute atomic E-state index is 0.516. The summed E-state index contributed by atoms with van der Waals surface area (Å²) in [6, 6.07) is 4.46. The fourth-order valence-corrected chi connectivity index (χ4v) is 2.78. The Bertz CT molecular complexity index is 402. The number of hydrogen-bond donors (Lipinski definition) is 1. The van der Waals surface area contributed by atoms with E-state index in [1.54, 1.807) is 0 Å². The van der Waals surface area contributed by atoms with Gasteiger partial charge in [0.2, 0.25) is 0 Å². The van der Waals surface area contributed by atoms with Crippen molar-refractivity contribution in [3.8, 4) is 0 Å². The largest absolute Gasteiger partial charge is 0.396 e. The van der Waals surface area contributed by atoms with Crippen molar-refractivity contribution in [1.29, 1.82) is 0 Å². The van der Waals surface area contributed by atoms with Gasteiger partial charge in [-0.3, -0.25) is 0 Å². The first kappa shape index (κ1) is 12.2. The zero-order valence-electron chi connectivity index (χ0n) is 11.3. The molecule has 3 nitrogen and oxygen atoms in total. The van der Waals surface area contributed by atoms with Crippen LogP contribution in [0.5, 0.6) is 0 Å². The molecule has 1 fully saturated rings. The lowest BCUT2D eigenvalue weighted by molar-refractivity contribution is 0.295. The van der Waals surface area contributed by atoms with Crippen molar-refractivity contribution < 1.29 is 0 Å². The number of nitrogen functional groups attached to an aromatic ring is 1. The summed E-state index contributed by atoms with van der Waals surface area (Å²) < 4.78 is 0. The van der Waals surface area contributed by atoms with Crippen molar-refractivity contribution in [3.63, 3.8) is 0 Å². The van der Waals surface area contributed by atoms with Gasteiger partial charge < -0.3 is 10.6 Å². The Hall–Kier alpha value is -1.25. The normalized spacial score (nSPS) is 29.4. The first-order valence-corrected chi connectivity index (χ1v) is 6.48. The molecule has 0 aromatic carbocycles. The number of aromatic nitrogens is 1. The van der Waals surface area contributed by atoms with Crippen LogP contribution in [0.1, 0.15) is 32.9 Å². The molecule has 2 heterocycles. The molecule has 2 rings (SSSR count). The van der Waals surface area contributed by atoms with E-state index < -0.39 is 0 Å². The number of nitrogens with zero attached hydrogens (tertiary/aromatic N) is 2. The smallest absolute Gasteiger partial charge is 0.152 e. The second-order valence-corrected chi connectivity index (χ2v) is 5.58. The number of rotatable bonds is 1. The van der Waals surface area contributed by atoms with Crippen molar-refractivity contribution in [2.75, 3.05) is 17.2 Å². The Morgan fingerprint density at radius 3 is 2.71 bits per heavy atom. The molecule has 17 heavy (non-hydrogen) atoms. The third kappa shape index (κ3) is 2.38. The van der Waals surface area contributed by atoms with Crippen molar-refractivity contribution in [2.24, 2.45) is 11.8 Å². The molecule has 0 spiro atoms. The topological polar surface area (TPSA) is 42.1 Å². The zero-order valence-corrected chi connectivity index (χ0v) is 11.3. The Kier molecular flexibility index (Phi) is 3.27. The molecule has 2 N–H and O–H groups in total. The van der Waals surface area contributed by atoms with Crippen LogP contribution in [0.4, 0.5) is 11.5 Å². The van der Waals surface area contributed by atoms with E-state index in [1.165, 1.54) is 6.42 Å². The first-order valence-electron chi connectivity index (χ1n) is 6.48. The summed E-state index contributed by atoms with van der Waals surface area (Å²) in [4.78, 5) is 6.99. The van der Waals surface area contributed by atoms with E-state index in [4.69, 9.17) is 5.73 Å². The lowest BCUT2D eigenvalue weighted by atomic mass is 9.86. The summed E-state index contributed by atoms with van der Waals surface area (Å²) >= 11 is 0. The predicted molar refractivity (Wildman–Crippen MR) is 73.1 cm³/mol. The highest BCUT2D eigenvalue weighted by Crippen LogP contribution is 2.32. The van der Waals surface area contributed by atoms with Crippen LogP contribution in [0, 0.1) is 18.8 Å². The van der Waals surface area contributed by atoms with Crippen LogP contribution in [0.3, 0.4) is 0 Å². The van der Waals surface area contributed by atoms with E-state index in [0.717, 1.165) is 23.7 Å². The molecule has 0 bridgehead atoms. The van der Waals surface area contributed by atoms with Crippen molar-refractivity contribution in [3.05, 3.63) is 17.8 Å². The molecule has 0 aliphatic carbocycles. The molecule has 1 saturated heterocycles. The van der Waals surface area contributed by atoms with Gasteiger partial charge in [0.25, 0.3) is 0 Å². The Morgan fingerprint density at radius 2 is 2.00 bits per heavy atom. The molecule has 3 atom stereocenters. The highest BCUT2D eigenvalue weighted by Gasteiger charge is 2.30. The Balaban J connectivity index is 2.34. The molecular weight excluding hydrogens is 210 g/mol. The van der Waals surface area contributed by atoms with Crippen LogP contribution in [-0.2, 0) is 0 Å². The molecule has 1 aliphatic rings. The van der Waals surface area contributed by atoms with Gasteiger partial charge in [0, 0.05) is 18.3 Å². The van der Waals surface area contributed by atoms with Gasteiger partial charge in [-0.25, -0.2) is 4.98 Å². The van der Waals surface area contributed by atoms with E-state index in [9.17, 15) is 0 Å². The van der Waals surface area contributed by atoms with Gasteiger partial charge in [-0.15, -0.1) is 0 Å². The van der Waals surface area contributed by atoms with Crippen LogP contribution in [0.15, 0.2) is 12.1 Å². The predicted octanol–water partition coefficient (Wildman–Crippen LogP) is 2.84. The molecule has 0 radical (unpaired) electrons. The molecule has 1 aromatic rings. The van der Waals surface area contributed by atoms with E-state index in [1.807, 2.05) is 19.1 Å². The van der Waals surface area contributed by atoms with Gasteiger partial charge in [0.1, 0.15) is 0 Å². The minimum atomic E-state index is 0.516. The van der Waals surface area contributed by atoms with Gasteiger partial charge in [-0.05, 0) is 44.2 Å². The number of nitrogens with two attached hydrogens (primary N) is 1. The monoisotopic (exact) mass is 233 g/mol. The summed E-state index contributed by atoms with van der Waals surface area (Å²) in [7, 11) is 0. The molecule has 0 amide bonds.